The van der Waals surface area contributed by atoms with E-state index in [1.807, 2.05) is 11.8 Å². The van der Waals surface area contributed by atoms with Crippen molar-refractivity contribution in [2.75, 3.05) is 13.1 Å². The van der Waals surface area contributed by atoms with Crippen LogP contribution in [0.3, 0.4) is 0 Å². The molecule has 3 fully saturated rings. The van der Waals surface area contributed by atoms with Crippen LogP contribution in [-0.2, 0) is 10.3 Å². The summed E-state index contributed by atoms with van der Waals surface area (Å²) in [6.07, 6.45) is 8.14. The molecule has 2 heterocycles. The molecule has 1 amide bonds. The summed E-state index contributed by atoms with van der Waals surface area (Å²) in [5.74, 6) is 0.893. The summed E-state index contributed by atoms with van der Waals surface area (Å²) in [4.78, 5) is 14.5. The molecule has 1 aromatic rings. The van der Waals surface area contributed by atoms with E-state index >= 15 is 0 Å². The molecule has 1 spiro atoms. The number of amides is 1. The van der Waals surface area contributed by atoms with Crippen molar-refractivity contribution in [3.8, 4) is 0 Å². The molecule has 1 aromatic heterocycles. The van der Waals surface area contributed by atoms with Crippen molar-refractivity contribution in [2.45, 2.75) is 83.3 Å². The van der Waals surface area contributed by atoms with Crippen molar-refractivity contribution in [1.29, 1.82) is 0 Å². The van der Waals surface area contributed by atoms with Gasteiger partial charge in [0.15, 0.2) is 0 Å². The minimum absolute atomic E-state index is 0.0369. The van der Waals surface area contributed by atoms with Crippen molar-refractivity contribution >= 4 is 5.91 Å². The van der Waals surface area contributed by atoms with E-state index in [-0.39, 0.29) is 17.4 Å². The lowest BCUT2D eigenvalue weighted by Gasteiger charge is -2.55. The fraction of sp³-hybridized carbons (Fsp3) is 0.810. The predicted molar refractivity (Wildman–Crippen MR) is 101 cm³/mol. The largest absolute Gasteiger partial charge is 0.390 e. The second-order valence-corrected chi connectivity index (χ2v) is 10.4. The van der Waals surface area contributed by atoms with Crippen LogP contribution in [0.5, 0.6) is 0 Å². The topological polar surface area (TPSA) is 58.4 Å². The third-order valence-electron chi connectivity index (χ3n) is 6.85. The highest BCUT2D eigenvalue weighted by Crippen LogP contribution is 2.49. The summed E-state index contributed by atoms with van der Waals surface area (Å²) < 4.78 is 2.07. The van der Waals surface area contributed by atoms with Gasteiger partial charge in [0.05, 0.1) is 16.8 Å². The molecule has 0 atom stereocenters. The summed E-state index contributed by atoms with van der Waals surface area (Å²) in [6, 6.07) is 2.19. The molecular formula is C21H33N3O2. The lowest BCUT2D eigenvalue weighted by Crippen LogP contribution is -2.62. The summed E-state index contributed by atoms with van der Waals surface area (Å²) in [5.41, 5.74) is 1.01. The van der Waals surface area contributed by atoms with Gasteiger partial charge in [0.25, 0.3) is 0 Å². The molecule has 1 saturated heterocycles. The van der Waals surface area contributed by atoms with Crippen LogP contribution in [0.1, 0.15) is 77.8 Å². The van der Waals surface area contributed by atoms with Gasteiger partial charge in [-0.15, -0.1) is 0 Å². The Bertz CT molecular complexity index is 676. The first kappa shape index (κ1) is 18.0. The second-order valence-electron chi connectivity index (χ2n) is 10.4. The van der Waals surface area contributed by atoms with Crippen LogP contribution in [-0.4, -0.2) is 44.4 Å². The van der Waals surface area contributed by atoms with E-state index in [9.17, 15) is 9.90 Å². The fourth-order valence-electron chi connectivity index (χ4n) is 5.13. The molecule has 144 valence electrons. The number of hydrogen-bond acceptors (Lipinski definition) is 3. The molecule has 26 heavy (non-hydrogen) atoms. The predicted octanol–water partition coefficient (Wildman–Crippen LogP) is 3.29. The number of carbonyl (C=O) groups excluding carboxylic acids is 1. The van der Waals surface area contributed by atoms with Crippen LogP contribution in [0.2, 0.25) is 0 Å². The first-order valence-corrected chi connectivity index (χ1v) is 10.1. The Balaban J connectivity index is 1.28. The molecule has 0 aromatic carbocycles. The summed E-state index contributed by atoms with van der Waals surface area (Å²) >= 11 is 0. The van der Waals surface area contributed by atoms with Crippen molar-refractivity contribution in [2.24, 2.45) is 11.3 Å². The third kappa shape index (κ3) is 3.19. The molecule has 4 rings (SSSR count). The third-order valence-corrected chi connectivity index (χ3v) is 6.85. The first-order chi connectivity index (χ1) is 12.1. The molecule has 0 radical (unpaired) electrons. The number of aromatic nitrogens is 2. The van der Waals surface area contributed by atoms with Crippen LogP contribution < -0.4 is 0 Å². The van der Waals surface area contributed by atoms with E-state index in [1.165, 1.54) is 31.4 Å². The highest BCUT2D eigenvalue weighted by Gasteiger charge is 2.51. The van der Waals surface area contributed by atoms with Gasteiger partial charge in [-0.1, -0.05) is 0 Å². The molecule has 3 aliphatic rings. The monoisotopic (exact) mass is 359 g/mol. The first-order valence-electron chi connectivity index (χ1n) is 10.1. The lowest BCUT2D eigenvalue weighted by atomic mass is 9.64. The maximum atomic E-state index is 12.5. The van der Waals surface area contributed by atoms with E-state index < -0.39 is 5.60 Å². The number of rotatable bonds is 2. The minimum atomic E-state index is -0.614. The molecule has 2 saturated carbocycles. The minimum Gasteiger partial charge on any atom is -0.390 e. The summed E-state index contributed by atoms with van der Waals surface area (Å²) in [6.45, 7) is 10.2. The lowest BCUT2D eigenvalue weighted by molar-refractivity contribution is -0.163. The fourth-order valence-corrected chi connectivity index (χ4v) is 5.13. The molecule has 0 bridgehead atoms. The van der Waals surface area contributed by atoms with Crippen molar-refractivity contribution in [1.82, 2.24) is 14.7 Å². The Kier molecular flexibility index (Phi) is 4.03. The molecule has 5 nitrogen and oxygen atoms in total. The Morgan fingerprint density at radius 3 is 2.35 bits per heavy atom. The van der Waals surface area contributed by atoms with E-state index in [1.54, 1.807) is 0 Å². The average Bonchev–Trinajstić information content (AvgIpc) is 3.00. The molecule has 5 heteroatoms. The van der Waals surface area contributed by atoms with Crippen LogP contribution >= 0.6 is 0 Å². The second kappa shape index (κ2) is 5.82. The number of aliphatic hydroxyl groups is 1. The van der Waals surface area contributed by atoms with Crippen LogP contribution in [0.25, 0.3) is 0 Å². The van der Waals surface area contributed by atoms with Gasteiger partial charge < -0.3 is 10.0 Å². The standard InChI is InChI=1S/C21H33N3O2/c1-19(2,3)24-10-7-17(22-24)15-5-8-21(9-6-15)13-23(14-21)18(25)16-11-20(4,26)12-16/h7,10,15-16,26H,5-6,8-9,11-14H2,1-4H3. The van der Waals surface area contributed by atoms with Gasteiger partial charge in [0.2, 0.25) is 5.91 Å². The van der Waals surface area contributed by atoms with E-state index in [0.29, 0.717) is 24.2 Å². The quantitative estimate of drug-likeness (QED) is 0.881. The van der Waals surface area contributed by atoms with E-state index in [0.717, 1.165) is 13.1 Å². The van der Waals surface area contributed by atoms with Gasteiger partial charge in [0, 0.05) is 36.5 Å². The molecule has 1 aliphatic heterocycles. The van der Waals surface area contributed by atoms with Gasteiger partial charge in [-0.25, -0.2) is 0 Å². The molecule has 1 N–H and O–H groups in total. The Labute approximate surface area is 156 Å². The number of hydrogen-bond donors (Lipinski definition) is 1. The van der Waals surface area contributed by atoms with Gasteiger partial charge in [-0.3, -0.25) is 9.48 Å². The Morgan fingerprint density at radius 1 is 1.23 bits per heavy atom. The zero-order valence-electron chi connectivity index (χ0n) is 16.7. The smallest absolute Gasteiger partial charge is 0.225 e. The maximum Gasteiger partial charge on any atom is 0.225 e. The molecular weight excluding hydrogens is 326 g/mol. The Morgan fingerprint density at radius 2 is 1.85 bits per heavy atom. The van der Waals surface area contributed by atoms with Gasteiger partial charge in [-0.2, -0.15) is 5.10 Å². The number of nitrogens with zero attached hydrogens (tertiary/aromatic N) is 3. The molecule has 2 aliphatic carbocycles. The van der Waals surface area contributed by atoms with E-state index in [4.69, 9.17) is 5.10 Å². The number of likely N-dealkylation sites (tertiary alicyclic amines) is 1. The maximum absolute atomic E-state index is 12.5. The van der Waals surface area contributed by atoms with Crippen LogP contribution in [0, 0.1) is 11.3 Å². The van der Waals surface area contributed by atoms with Gasteiger partial charge >= 0.3 is 0 Å². The Hall–Kier alpha value is -1.36. The van der Waals surface area contributed by atoms with Crippen LogP contribution in [0.4, 0.5) is 0 Å². The normalized spacial score (nSPS) is 31.6. The summed E-state index contributed by atoms with van der Waals surface area (Å²) in [7, 11) is 0. The molecule has 0 unspecified atom stereocenters. The van der Waals surface area contributed by atoms with Gasteiger partial charge in [-0.05, 0) is 72.3 Å². The van der Waals surface area contributed by atoms with Crippen molar-refractivity contribution < 1.29 is 9.90 Å². The summed E-state index contributed by atoms with van der Waals surface area (Å²) in [5, 5.41) is 14.7. The number of carbonyl (C=O) groups is 1. The van der Waals surface area contributed by atoms with Crippen LogP contribution in [0.15, 0.2) is 12.3 Å². The average molecular weight is 360 g/mol. The van der Waals surface area contributed by atoms with Crippen molar-refractivity contribution in [3.63, 3.8) is 0 Å². The van der Waals surface area contributed by atoms with E-state index in [2.05, 4.69) is 37.7 Å². The SMILES string of the molecule is CC1(O)CC(C(=O)N2CC3(CCC(c4ccn(C(C)(C)C)n4)CC3)C2)C1. The highest BCUT2D eigenvalue weighted by molar-refractivity contribution is 5.81. The zero-order chi connectivity index (χ0) is 18.7. The zero-order valence-corrected chi connectivity index (χ0v) is 16.7. The van der Waals surface area contributed by atoms with Crippen molar-refractivity contribution in [3.05, 3.63) is 18.0 Å². The van der Waals surface area contributed by atoms with Gasteiger partial charge in [0.1, 0.15) is 0 Å². The highest BCUT2D eigenvalue weighted by atomic mass is 16.3.